The van der Waals surface area contributed by atoms with Gasteiger partial charge in [0.2, 0.25) is 0 Å². The lowest BCUT2D eigenvalue weighted by Gasteiger charge is -2.05. The minimum Gasteiger partial charge on any atom is -0.409 e. The van der Waals surface area contributed by atoms with Crippen LogP contribution in [0.4, 0.5) is 0 Å². The van der Waals surface area contributed by atoms with Gasteiger partial charge >= 0.3 is 0 Å². The summed E-state index contributed by atoms with van der Waals surface area (Å²) in [6, 6.07) is 5.97. The van der Waals surface area contributed by atoms with E-state index < -0.39 is 0 Å². The predicted molar refractivity (Wildman–Crippen MR) is 62.3 cm³/mol. The Morgan fingerprint density at radius 1 is 1.33 bits per heavy atom. The average Bonchev–Trinajstić information content (AvgIpc) is 2.78. The number of hydrogen-bond donors (Lipinski definition) is 2. The minimum atomic E-state index is 0.221. The van der Waals surface area contributed by atoms with E-state index in [1.54, 1.807) is 0 Å². The highest BCUT2D eigenvalue weighted by atomic mass is 16.4. The number of rotatable bonds is 1. The number of amidine groups is 1. The smallest absolute Gasteiger partial charge is 0.170 e. The van der Waals surface area contributed by atoms with Crippen LogP contribution in [0.25, 0.3) is 0 Å². The van der Waals surface area contributed by atoms with E-state index in [0.29, 0.717) is 0 Å². The van der Waals surface area contributed by atoms with Crippen molar-refractivity contribution in [1.29, 1.82) is 0 Å². The molecule has 3 N–H and O–H groups in total. The van der Waals surface area contributed by atoms with E-state index in [1.807, 2.05) is 26.0 Å². The summed E-state index contributed by atoms with van der Waals surface area (Å²) in [6.45, 7) is 4.00. The zero-order valence-electron chi connectivity index (χ0n) is 9.33. The Morgan fingerprint density at radius 2 is 2.07 bits per heavy atom. The Kier molecular flexibility index (Phi) is 4.16. The number of aryl methyl sites for hydroxylation is 1. The monoisotopic (exact) mass is 206 g/mol. The first-order valence-corrected chi connectivity index (χ1v) is 5.41. The van der Waals surface area contributed by atoms with Crippen LogP contribution < -0.4 is 5.73 Å². The third-order valence-corrected chi connectivity index (χ3v) is 2.53. The molecule has 0 aliphatic heterocycles. The average molecular weight is 206 g/mol. The molecule has 0 unspecified atom stereocenters. The Labute approximate surface area is 90.6 Å². The number of fused-ring (bicyclic) bond motifs is 1. The van der Waals surface area contributed by atoms with Crippen LogP contribution in [0.5, 0.6) is 0 Å². The van der Waals surface area contributed by atoms with Crippen LogP contribution in [0.15, 0.2) is 23.4 Å². The van der Waals surface area contributed by atoms with Gasteiger partial charge in [-0.05, 0) is 30.4 Å². The summed E-state index contributed by atoms with van der Waals surface area (Å²) in [5.41, 5.74) is 9.04. The number of oxime groups is 1. The summed E-state index contributed by atoms with van der Waals surface area (Å²) in [5.74, 6) is 0.221. The molecule has 82 valence electrons. The molecule has 1 aromatic rings. The van der Waals surface area contributed by atoms with E-state index in [1.165, 1.54) is 17.5 Å². The second-order valence-corrected chi connectivity index (χ2v) is 3.28. The second kappa shape index (κ2) is 5.39. The number of nitrogens with zero attached hydrogens (tertiary/aromatic N) is 1. The van der Waals surface area contributed by atoms with E-state index >= 15 is 0 Å². The fourth-order valence-corrected chi connectivity index (χ4v) is 1.91. The third-order valence-electron chi connectivity index (χ3n) is 2.53. The van der Waals surface area contributed by atoms with E-state index in [4.69, 9.17) is 10.9 Å². The Hall–Kier alpha value is -1.51. The largest absolute Gasteiger partial charge is 0.409 e. The van der Waals surface area contributed by atoms with Crippen molar-refractivity contribution in [2.75, 3.05) is 0 Å². The van der Waals surface area contributed by atoms with Gasteiger partial charge in [0.05, 0.1) is 0 Å². The van der Waals surface area contributed by atoms with Gasteiger partial charge in [-0.1, -0.05) is 37.2 Å². The summed E-state index contributed by atoms with van der Waals surface area (Å²) in [7, 11) is 0. The summed E-state index contributed by atoms with van der Waals surface area (Å²) >= 11 is 0. The molecular weight excluding hydrogens is 188 g/mol. The normalized spacial score (nSPS) is 14.1. The molecule has 1 aromatic carbocycles. The third kappa shape index (κ3) is 2.29. The fraction of sp³-hybridized carbons (Fsp3) is 0.417. The molecule has 1 aliphatic carbocycles. The minimum absolute atomic E-state index is 0.221. The Morgan fingerprint density at radius 3 is 2.73 bits per heavy atom. The number of hydrogen-bond acceptors (Lipinski definition) is 2. The zero-order valence-corrected chi connectivity index (χ0v) is 9.33. The molecule has 0 spiro atoms. The highest BCUT2D eigenvalue weighted by Gasteiger charge is 2.15. The predicted octanol–water partition coefficient (Wildman–Crippen LogP) is 2.30. The van der Waals surface area contributed by atoms with Crippen molar-refractivity contribution in [3.05, 3.63) is 34.9 Å². The summed E-state index contributed by atoms with van der Waals surface area (Å²) in [4.78, 5) is 0. The van der Waals surface area contributed by atoms with Crippen LogP contribution in [-0.4, -0.2) is 11.0 Å². The maximum atomic E-state index is 8.58. The van der Waals surface area contributed by atoms with Crippen molar-refractivity contribution in [3.63, 3.8) is 0 Å². The fourth-order valence-electron chi connectivity index (χ4n) is 1.91. The van der Waals surface area contributed by atoms with E-state index in [9.17, 15) is 0 Å². The van der Waals surface area contributed by atoms with Crippen molar-refractivity contribution in [2.24, 2.45) is 10.9 Å². The van der Waals surface area contributed by atoms with Crippen molar-refractivity contribution >= 4 is 5.84 Å². The topological polar surface area (TPSA) is 58.6 Å². The maximum Gasteiger partial charge on any atom is 0.170 e. The first-order chi connectivity index (χ1) is 7.33. The van der Waals surface area contributed by atoms with Gasteiger partial charge < -0.3 is 10.9 Å². The molecule has 0 heterocycles. The van der Waals surface area contributed by atoms with Gasteiger partial charge in [-0.3, -0.25) is 0 Å². The maximum absolute atomic E-state index is 8.58. The molecule has 0 radical (unpaired) electrons. The van der Waals surface area contributed by atoms with Gasteiger partial charge in [0.25, 0.3) is 0 Å². The molecule has 0 amide bonds. The van der Waals surface area contributed by atoms with Crippen molar-refractivity contribution in [2.45, 2.75) is 33.1 Å². The highest BCUT2D eigenvalue weighted by molar-refractivity contribution is 5.98. The van der Waals surface area contributed by atoms with E-state index in [0.717, 1.165) is 18.4 Å². The standard InChI is InChI=1S/C10H12N2O.C2H6/c11-10(12-13)9-6-2-4-7-3-1-5-8(7)9;1-2/h2,4,6,13H,1,3,5H2,(H2,11,12);1-2H3. The van der Waals surface area contributed by atoms with Gasteiger partial charge in [0.15, 0.2) is 5.84 Å². The van der Waals surface area contributed by atoms with Crippen LogP contribution in [0.3, 0.4) is 0 Å². The molecule has 0 fully saturated rings. The molecule has 0 bridgehead atoms. The van der Waals surface area contributed by atoms with E-state index in [2.05, 4.69) is 11.2 Å². The second-order valence-electron chi connectivity index (χ2n) is 3.28. The van der Waals surface area contributed by atoms with Crippen molar-refractivity contribution in [3.8, 4) is 0 Å². The van der Waals surface area contributed by atoms with Crippen LogP contribution in [0.2, 0.25) is 0 Å². The zero-order chi connectivity index (χ0) is 11.3. The van der Waals surface area contributed by atoms with Crippen LogP contribution in [0.1, 0.15) is 37.0 Å². The molecule has 0 aromatic heterocycles. The molecular formula is C12H18N2O. The Bertz CT molecular complexity index is 359. The molecule has 2 rings (SSSR count). The summed E-state index contributed by atoms with van der Waals surface area (Å²) < 4.78 is 0. The quantitative estimate of drug-likeness (QED) is 0.320. The number of nitrogens with two attached hydrogens (primary N) is 1. The molecule has 15 heavy (non-hydrogen) atoms. The van der Waals surface area contributed by atoms with Crippen LogP contribution in [-0.2, 0) is 12.8 Å². The van der Waals surface area contributed by atoms with Crippen LogP contribution >= 0.6 is 0 Å². The lowest BCUT2D eigenvalue weighted by Crippen LogP contribution is -2.15. The first kappa shape index (κ1) is 11.6. The molecule has 0 saturated heterocycles. The van der Waals surface area contributed by atoms with Gasteiger partial charge in [0, 0.05) is 5.56 Å². The molecule has 0 atom stereocenters. The van der Waals surface area contributed by atoms with E-state index in [-0.39, 0.29) is 5.84 Å². The summed E-state index contributed by atoms with van der Waals surface area (Å²) in [5, 5.41) is 11.6. The van der Waals surface area contributed by atoms with Gasteiger partial charge in [-0.15, -0.1) is 0 Å². The molecule has 3 heteroatoms. The van der Waals surface area contributed by atoms with Gasteiger partial charge in [-0.2, -0.15) is 0 Å². The first-order valence-electron chi connectivity index (χ1n) is 5.41. The highest BCUT2D eigenvalue weighted by Crippen LogP contribution is 2.24. The molecule has 1 aliphatic rings. The summed E-state index contributed by atoms with van der Waals surface area (Å²) in [6.07, 6.45) is 3.33. The Balaban J connectivity index is 0.000000531. The molecule has 0 saturated carbocycles. The molecule has 3 nitrogen and oxygen atoms in total. The lowest BCUT2D eigenvalue weighted by molar-refractivity contribution is 0.318. The number of benzene rings is 1. The van der Waals surface area contributed by atoms with Crippen molar-refractivity contribution in [1.82, 2.24) is 0 Å². The SMILES string of the molecule is CC.N/C(=N\O)c1cccc2c1CCC2. The van der Waals surface area contributed by atoms with Gasteiger partial charge in [0.1, 0.15) is 0 Å². The lowest BCUT2D eigenvalue weighted by atomic mass is 10.0. The van der Waals surface area contributed by atoms with Crippen LogP contribution in [0, 0.1) is 0 Å². The van der Waals surface area contributed by atoms with Crippen molar-refractivity contribution < 1.29 is 5.21 Å². The van der Waals surface area contributed by atoms with Gasteiger partial charge in [-0.25, -0.2) is 0 Å².